The van der Waals surface area contributed by atoms with Gasteiger partial charge in [-0.1, -0.05) is 24.3 Å². The number of aryl methyl sites for hydroxylation is 2. The highest BCUT2D eigenvalue weighted by molar-refractivity contribution is 5.48. The Morgan fingerprint density at radius 3 is 2.22 bits per heavy atom. The number of benzene rings is 2. The fourth-order valence-electron chi connectivity index (χ4n) is 2.44. The second kappa shape index (κ2) is 7.91. The standard InChI is InChI=1S/C20H27NO2/c1-14(2)22-19-11-7-10-18(12-19)21-13-17(5)23-20-15(3)8-6-9-16(20)4/h6-12,14,17,21H,13H2,1-5H3. The van der Waals surface area contributed by atoms with Gasteiger partial charge in [-0.2, -0.15) is 0 Å². The van der Waals surface area contributed by atoms with Crippen LogP contribution >= 0.6 is 0 Å². The Balaban J connectivity index is 1.93. The molecule has 0 saturated heterocycles. The molecule has 2 aromatic carbocycles. The van der Waals surface area contributed by atoms with E-state index in [-0.39, 0.29) is 12.2 Å². The summed E-state index contributed by atoms with van der Waals surface area (Å²) in [4.78, 5) is 0. The predicted molar refractivity (Wildman–Crippen MR) is 96.7 cm³/mol. The zero-order valence-corrected chi connectivity index (χ0v) is 14.7. The number of hydrogen-bond donors (Lipinski definition) is 1. The van der Waals surface area contributed by atoms with Gasteiger partial charge in [0.1, 0.15) is 17.6 Å². The fourth-order valence-corrected chi connectivity index (χ4v) is 2.44. The molecule has 124 valence electrons. The summed E-state index contributed by atoms with van der Waals surface area (Å²) in [6.07, 6.45) is 0.251. The third-order valence-corrected chi connectivity index (χ3v) is 3.53. The molecule has 0 aliphatic carbocycles. The molecule has 0 radical (unpaired) electrons. The van der Waals surface area contributed by atoms with Crippen LogP contribution in [0.3, 0.4) is 0 Å². The molecule has 0 aromatic heterocycles. The van der Waals surface area contributed by atoms with Crippen molar-refractivity contribution in [3.8, 4) is 11.5 Å². The van der Waals surface area contributed by atoms with Crippen LogP contribution in [0.25, 0.3) is 0 Å². The van der Waals surface area contributed by atoms with Crippen molar-refractivity contribution in [2.45, 2.75) is 46.8 Å². The Labute approximate surface area is 139 Å². The molecule has 1 N–H and O–H groups in total. The van der Waals surface area contributed by atoms with E-state index in [2.05, 4.69) is 44.3 Å². The summed E-state index contributed by atoms with van der Waals surface area (Å²) < 4.78 is 11.8. The van der Waals surface area contributed by atoms with Gasteiger partial charge in [-0.3, -0.25) is 0 Å². The first kappa shape index (κ1) is 17.2. The highest BCUT2D eigenvalue weighted by Crippen LogP contribution is 2.24. The third kappa shape index (κ3) is 5.20. The molecule has 0 saturated carbocycles. The summed E-state index contributed by atoms with van der Waals surface area (Å²) >= 11 is 0. The molecular weight excluding hydrogens is 286 g/mol. The van der Waals surface area contributed by atoms with E-state index in [0.717, 1.165) is 23.7 Å². The van der Waals surface area contributed by atoms with Gasteiger partial charge >= 0.3 is 0 Å². The number of rotatable bonds is 7. The third-order valence-electron chi connectivity index (χ3n) is 3.53. The smallest absolute Gasteiger partial charge is 0.125 e. The van der Waals surface area contributed by atoms with Crippen molar-refractivity contribution in [1.29, 1.82) is 0 Å². The molecular formula is C20H27NO2. The number of hydrogen-bond acceptors (Lipinski definition) is 3. The average molecular weight is 313 g/mol. The molecule has 2 rings (SSSR count). The van der Waals surface area contributed by atoms with Crippen LogP contribution in [0, 0.1) is 13.8 Å². The average Bonchev–Trinajstić information content (AvgIpc) is 2.49. The normalized spacial score (nSPS) is 12.1. The maximum Gasteiger partial charge on any atom is 0.125 e. The van der Waals surface area contributed by atoms with Gasteiger partial charge in [-0.25, -0.2) is 0 Å². The maximum atomic E-state index is 6.10. The lowest BCUT2D eigenvalue weighted by Gasteiger charge is -2.19. The molecule has 3 nitrogen and oxygen atoms in total. The van der Waals surface area contributed by atoms with Crippen molar-refractivity contribution in [3.63, 3.8) is 0 Å². The van der Waals surface area contributed by atoms with E-state index in [1.54, 1.807) is 0 Å². The van der Waals surface area contributed by atoms with Crippen LogP contribution in [-0.2, 0) is 0 Å². The zero-order chi connectivity index (χ0) is 16.8. The number of para-hydroxylation sites is 1. The Kier molecular flexibility index (Phi) is 5.91. The second-order valence-electron chi connectivity index (χ2n) is 6.22. The van der Waals surface area contributed by atoms with E-state index in [1.165, 1.54) is 11.1 Å². The van der Waals surface area contributed by atoms with Gasteiger partial charge < -0.3 is 14.8 Å². The molecule has 1 atom stereocenters. The van der Waals surface area contributed by atoms with Crippen LogP contribution in [-0.4, -0.2) is 18.8 Å². The Hall–Kier alpha value is -2.16. The van der Waals surface area contributed by atoms with Crippen LogP contribution in [0.4, 0.5) is 5.69 Å². The summed E-state index contributed by atoms with van der Waals surface area (Å²) in [5, 5.41) is 3.41. The number of anilines is 1. The van der Waals surface area contributed by atoms with Gasteiger partial charge in [0.15, 0.2) is 0 Å². The van der Waals surface area contributed by atoms with Crippen molar-refractivity contribution in [3.05, 3.63) is 53.6 Å². The molecule has 0 heterocycles. The van der Waals surface area contributed by atoms with Gasteiger partial charge in [0, 0.05) is 11.8 Å². The summed E-state index contributed by atoms with van der Waals surface area (Å²) in [7, 11) is 0. The summed E-state index contributed by atoms with van der Waals surface area (Å²) in [5.74, 6) is 1.87. The van der Waals surface area contributed by atoms with E-state index in [9.17, 15) is 0 Å². The molecule has 0 fully saturated rings. The van der Waals surface area contributed by atoms with Gasteiger partial charge in [0.2, 0.25) is 0 Å². The minimum absolute atomic E-state index is 0.0736. The van der Waals surface area contributed by atoms with E-state index in [0.29, 0.717) is 0 Å². The Bertz CT molecular complexity index is 617. The van der Waals surface area contributed by atoms with Crippen molar-refractivity contribution in [2.24, 2.45) is 0 Å². The number of nitrogens with one attached hydrogen (secondary N) is 1. The molecule has 3 heteroatoms. The SMILES string of the molecule is Cc1cccc(C)c1OC(C)CNc1cccc(OC(C)C)c1. The van der Waals surface area contributed by atoms with E-state index in [4.69, 9.17) is 9.47 Å². The van der Waals surface area contributed by atoms with Crippen LogP contribution in [0.1, 0.15) is 31.9 Å². The molecule has 0 spiro atoms. The van der Waals surface area contributed by atoms with Gasteiger partial charge in [-0.15, -0.1) is 0 Å². The fraction of sp³-hybridized carbons (Fsp3) is 0.400. The van der Waals surface area contributed by atoms with Crippen molar-refractivity contribution in [1.82, 2.24) is 0 Å². The van der Waals surface area contributed by atoms with Crippen LogP contribution in [0.15, 0.2) is 42.5 Å². The lowest BCUT2D eigenvalue weighted by atomic mass is 10.1. The van der Waals surface area contributed by atoms with Crippen LogP contribution in [0.5, 0.6) is 11.5 Å². The maximum absolute atomic E-state index is 6.10. The molecule has 0 aliphatic rings. The quantitative estimate of drug-likeness (QED) is 0.783. The minimum Gasteiger partial charge on any atom is -0.491 e. The van der Waals surface area contributed by atoms with Crippen molar-refractivity contribution in [2.75, 3.05) is 11.9 Å². The first-order chi connectivity index (χ1) is 11.0. The molecule has 0 bridgehead atoms. The largest absolute Gasteiger partial charge is 0.491 e. The predicted octanol–water partition coefficient (Wildman–Crippen LogP) is 4.97. The van der Waals surface area contributed by atoms with E-state index in [1.807, 2.05) is 38.1 Å². The molecule has 1 unspecified atom stereocenters. The number of ether oxygens (including phenoxy) is 2. The van der Waals surface area contributed by atoms with Gasteiger partial charge in [-0.05, 0) is 57.9 Å². The first-order valence-corrected chi connectivity index (χ1v) is 8.19. The van der Waals surface area contributed by atoms with Crippen molar-refractivity contribution >= 4 is 5.69 Å². The topological polar surface area (TPSA) is 30.5 Å². The monoisotopic (exact) mass is 313 g/mol. The lowest BCUT2D eigenvalue weighted by molar-refractivity contribution is 0.231. The zero-order valence-electron chi connectivity index (χ0n) is 14.7. The summed E-state index contributed by atoms with van der Waals surface area (Å²) in [6, 6.07) is 14.2. The summed E-state index contributed by atoms with van der Waals surface area (Å²) in [5.41, 5.74) is 3.38. The highest BCUT2D eigenvalue weighted by Gasteiger charge is 2.09. The molecule has 0 amide bonds. The van der Waals surface area contributed by atoms with Gasteiger partial charge in [0.25, 0.3) is 0 Å². The minimum atomic E-state index is 0.0736. The summed E-state index contributed by atoms with van der Waals surface area (Å²) in [6.45, 7) is 11.0. The first-order valence-electron chi connectivity index (χ1n) is 8.19. The lowest BCUT2D eigenvalue weighted by Crippen LogP contribution is -2.23. The van der Waals surface area contributed by atoms with Crippen LogP contribution in [0.2, 0.25) is 0 Å². The Morgan fingerprint density at radius 2 is 1.57 bits per heavy atom. The Morgan fingerprint density at radius 1 is 0.913 bits per heavy atom. The molecule has 23 heavy (non-hydrogen) atoms. The van der Waals surface area contributed by atoms with E-state index < -0.39 is 0 Å². The highest BCUT2D eigenvalue weighted by atomic mass is 16.5. The van der Waals surface area contributed by atoms with Crippen molar-refractivity contribution < 1.29 is 9.47 Å². The van der Waals surface area contributed by atoms with E-state index >= 15 is 0 Å². The van der Waals surface area contributed by atoms with Crippen LogP contribution < -0.4 is 14.8 Å². The molecule has 0 aliphatic heterocycles. The second-order valence-corrected chi connectivity index (χ2v) is 6.22. The molecule has 2 aromatic rings. The van der Waals surface area contributed by atoms with Gasteiger partial charge in [0.05, 0.1) is 12.6 Å².